The summed E-state index contributed by atoms with van der Waals surface area (Å²) in [6.07, 6.45) is 3.40. The van der Waals surface area contributed by atoms with E-state index < -0.39 is 12.0 Å². The zero-order chi connectivity index (χ0) is 22.9. The Morgan fingerprint density at radius 1 is 1.12 bits per heavy atom. The molecule has 5 rings (SSSR count). The predicted molar refractivity (Wildman–Crippen MR) is 127 cm³/mol. The number of nitrogens with zero attached hydrogens (tertiary/aromatic N) is 3. The zero-order valence-electron chi connectivity index (χ0n) is 18.1. The van der Waals surface area contributed by atoms with Gasteiger partial charge in [-0.15, -0.1) is 12.4 Å². The van der Waals surface area contributed by atoms with Gasteiger partial charge in [0, 0.05) is 30.1 Å². The van der Waals surface area contributed by atoms with E-state index in [1.165, 1.54) is 7.11 Å². The van der Waals surface area contributed by atoms with E-state index in [-0.39, 0.29) is 24.1 Å². The van der Waals surface area contributed by atoms with Gasteiger partial charge < -0.3 is 14.7 Å². The maximum atomic E-state index is 13.4. The Kier molecular flexibility index (Phi) is 6.34. The molecule has 172 valence electrons. The lowest BCUT2D eigenvalue weighted by atomic mass is 9.95. The first kappa shape index (κ1) is 23.0. The van der Waals surface area contributed by atoms with Crippen molar-refractivity contribution in [1.82, 2.24) is 20.1 Å². The van der Waals surface area contributed by atoms with Crippen LogP contribution in [0.15, 0.2) is 73.1 Å². The molecule has 0 spiro atoms. The summed E-state index contributed by atoms with van der Waals surface area (Å²) >= 11 is 0. The van der Waals surface area contributed by atoms with Crippen molar-refractivity contribution >= 4 is 24.3 Å². The Morgan fingerprint density at radius 2 is 1.88 bits per heavy atom. The van der Waals surface area contributed by atoms with E-state index >= 15 is 0 Å². The monoisotopic (exact) mass is 476 g/mol. The van der Waals surface area contributed by atoms with Crippen molar-refractivity contribution in [3.8, 4) is 17.0 Å². The molecule has 8 nitrogen and oxygen atoms in total. The number of aromatic amines is 1. The van der Waals surface area contributed by atoms with Crippen LogP contribution < -0.4 is 0 Å². The number of carbonyl (C=O) groups excluding carboxylic acids is 2. The highest BCUT2D eigenvalue weighted by Crippen LogP contribution is 2.44. The van der Waals surface area contributed by atoms with Gasteiger partial charge in [-0.3, -0.25) is 14.9 Å². The van der Waals surface area contributed by atoms with E-state index in [1.807, 2.05) is 12.1 Å². The van der Waals surface area contributed by atoms with Crippen molar-refractivity contribution in [2.75, 3.05) is 7.11 Å². The third-order valence-electron chi connectivity index (χ3n) is 5.75. The second kappa shape index (κ2) is 9.36. The molecule has 0 aliphatic carbocycles. The van der Waals surface area contributed by atoms with Crippen LogP contribution in [0, 0.1) is 0 Å². The Labute approximate surface area is 201 Å². The first-order valence-corrected chi connectivity index (χ1v) is 10.3. The molecule has 1 unspecified atom stereocenters. The highest BCUT2D eigenvalue weighted by atomic mass is 35.5. The van der Waals surface area contributed by atoms with Crippen molar-refractivity contribution in [3.05, 3.63) is 101 Å². The molecule has 0 saturated heterocycles. The summed E-state index contributed by atoms with van der Waals surface area (Å²) in [4.78, 5) is 31.2. The quantitative estimate of drug-likeness (QED) is 0.419. The maximum Gasteiger partial charge on any atom is 0.337 e. The number of carbonyl (C=O) groups is 2. The standard InChI is InChI=1S/C25H20N4O4.ClH/c1-33-25(32)17-10-8-16(9-11-17)23-20-21(18-6-2-3-7-19(18)30)27-28-22(20)24(31)29(23)14-15-5-4-12-26-13-15;/h2-13,23,30H,14H2,1H3,(H,27,28);1H. The lowest BCUT2D eigenvalue weighted by Gasteiger charge is -2.26. The summed E-state index contributed by atoms with van der Waals surface area (Å²) in [7, 11) is 1.33. The zero-order valence-corrected chi connectivity index (χ0v) is 19.0. The summed E-state index contributed by atoms with van der Waals surface area (Å²) in [6, 6.07) is 17.1. The topological polar surface area (TPSA) is 108 Å². The highest BCUT2D eigenvalue weighted by molar-refractivity contribution is 6.00. The van der Waals surface area contributed by atoms with E-state index in [0.29, 0.717) is 34.6 Å². The van der Waals surface area contributed by atoms with Crippen molar-refractivity contribution in [2.24, 2.45) is 0 Å². The van der Waals surface area contributed by atoms with E-state index in [2.05, 4.69) is 15.2 Å². The van der Waals surface area contributed by atoms with Crippen molar-refractivity contribution in [2.45, 2.75) is 12.6 Å². The fourth-order valence-corrected chi connectivity index (χ4v) is 4.19. The number of hydrogen-bond donors (Lipinski definition) is 2. The van der Waals surface area contributed by atoms with Crippen molar-refractivity contribution in [3.63, 3.8) is 0 Å². The number of benzene rings is 2. The van der Waals surface area contributed by atoms with Gasteiger partial charge in [0.15, 0.2) is 0 Å². The molecule has 1 atom stereocenters. The highest BCUT2D eigenvalue weighted by Gasteiger charge is 2.42. The van der Waals surface area contributed by atoms with Crippen LogP contribution in [0.3, 0.4) is 0 Å². The van der Waals surface area contributed by atoms with Crippen LogP contribution >= 0.6 is 12.4 Å². The molecule has 0 saturated carbocycles. The van der Waals surface area contributed by atoms with Gasteiger partial charge in [-0.25, -0.2) is 4.79 Å². The van der Waals surface area contributed by atoms with Gasteiger partial charge in [0.05, 0.1) is 18.7 Å². The molecule has 1 aliphatic heterocycles. The van der Waals surface area contributed by atoms with Crippen LogP contribution in [0.2, 0.25) is 0 Å². The van der Waals surface area contributed by atoms with Crippen LogP contribution in [0.25, 0.3) is 11.3 Å². The van der Waals surface area contributed by atoms with Crippen LogP contribution in [0.1, 0.15) is 43.6 Å². The summed E-state index contributed by atoms with van der Waals surface area (Å²) in [5, 5.41) is 17.7. The molecule has 2 N–H and O–H groups in total. The summed E-state index contributed by atoms with van der Waals surface area (Å²) in [6.45, 7) is 0.332. The average Bonchev–Trinajstić information content (AvgIpc) is 3.39. The number of aromatic nitrogens is 3. The third kappa shape index (κ3) is 3.88. The van der Waals surface area contributed by atoms with Crippen LogP contribution in [0.4, 0.5) is 0 Å². The molecule has 1 aliphatic rings. The molecule has 0 radical (unpaired) electrons. The minimum Gasteiger partial charge on any atom is -0.507 e. The Balaban J connectivity index is 0.00000274. The second-order valence-electron chi connectivity index (χ2n) is 7.69. The SMILES string of the molecule is COC(=O)c1ccc(C2c3c(-c4ccccc4O)n[nH]c3C(=O)N2Cc2cccnc2)cc1.Cl. The van der Waals surface area contributed by atoms with Gasteiger partial charge >= 0.3 is 5.97 Å². The molecular formula is C25H21ClN4O4. The predicted octanol–water partition coefficient (Wildman–Crippen LogP) is 4.13. The lowest BCUT2D eigenvalue weighted by Crippen LogP contribution is -2.29. The first-order valence-electron chi connectivity index (χ1n) is 10.3. The molecule has 9 heteroatoms. The number of para-hydroxylation sites is 1. The molecule has 3 heterocycles. The number of esters is 1. The second-order valence-corrected chi connectivity index (χ2v) is 7.69. The fourth-order valence-electron chi connectivity index (χ4n) is 4.19. The van der Waals surface area contributed by atoms with E-state index in [9.17, 15) is 14.7 Å². The minimum absolute atomic E-state index is 0. The number of ether oxygens (including phenoxy) is 1. The number of nitrogens with one attached hydrogen (secondary N) is 1. The first-order chi connectivity index (χ1) is 16.1. The Hall–Kier alpha value is -4.17. The normalized spacial score (nSPS) is 14.4. The Morgan fingerprint density at radius 3 is 2.56 bits per heavy atom. The molecule has 0 fully saturated rings. The van der Waals surface area contributed by atoms with Crippen LogP contribution in [-0.2, 0) is 11.3 Å². The van der Waals surface area contributed by atoms with Crippen LogP contribution in [-0.4, -0.2) is 44.2 Å². The molecule has 34 heavy (non-hydrogen) atoms. The molecule has 2 aromatic heterocycles. The van der Waals surface area contributed by atoms with Gasteiger partial charge in [0.2, 0.25) is 0 Å². The number of phenols is 1. The van der Waals surface area contributed by atoms with E-state index in [1.54, 1.807) is 65.8 Å². The Bertz CT molecular complexity index is 1340. The summed E-state index contributed by atoms with van der Waals surface area (Å²) in [5.41, 5.74) is 4.18. The van der Waals surface area contributed by atoms with Crippen molar-refractivity contribution in [1.29, 1.82) is 0 Å². The summed E-state index contributed by atoms with van der Waals surface area (Å²) < 4.78 is 4.80. The number of amides is 1. The number of aromatic hydroxyl groups is 1. The largest absolute Gasteiger partial charge is 0.507 e. The lowest BCUT2D eigenvalue weighted by molar-refractivity contribution is 0.0600. The van der Waals surface area contributed by atoms with E-state index in [4.69, 9.17) is 4.74 Å². The average molecular weight is 477 g/mol. The molecule has 1 amide bonds. The van der Waals surface area contributed by atoms with Crippen LogP contribution in [0.5, 0.6) is 5.75 Å². The van der Waals surface area contributed by atoms with Gasteiger partial charge in [0.1, 0.15) is 17.1 Å². The smallest absolute Gasteiger partial charge is 0.337 e. The molecule has 0 bridgehead atoms. The number of halogens is 1. The molecule has 4 aromatic rings. The summed E-state index contributed by atoms with van der Waals surface area (Å²) in [5.74, 6) is -0.565. The van der Waals surface area contributed by atoms with Gasteiger partial charge in [-0.05, 0) is 41.5 Å². The maximum absolute atomic E-state index is 13.4. The number of phenolic OH excluding ortho intramolecular Hbond substituents is 1. The molecular weight excluding hydrogens is 456 g/mol. The van der Waals surface area contributed by atoms with Gasteiger partial charge in [-0.1, -0.05) is 30.3 Å². The van der Waals surface area contributed by atoms with Gasteiger partial charge in [0.25, 0.3) is 5.91 Å². The minimum atomic E-state index is -0.479. The van der Waals surface area contributed by atoms with E-state index in [0.717, 1.165) is 11.1 Å². The van der Waals surface area contributed by atoms with Gasteiger partial charge in [-0.2, -0.15) is 5.10 Å². The number of H-pyrrole nitrogens is 1. The van der Waals surface area contributed by atoms with Crippen molar-refractivity contribution < 1.29 is 19.4 Å². The number of pyridine rings is 1. The fraction of sp³-hybridized carbons (Fsp3) is 0.120. The third-order valence-corrected chi connectivity index (χ3v) is 5.75. The number of methoxy groups -OCH3 is 1. The number of rotatable bonds is 5. The molecule has 2 aromatic carbocycles. The number of hydrogen-bond acceptors (Lipinski definition) is 6. The number of fused-ring (bicyclic) bond motifs is 1.